The maximum Gasteiger partial charge on any atom is 0.240 e. The zero-order chi connectivity index (χ0) is 15.9. The molecule has 0 saturated carbocycles. The van der Waals surface area contributed by atoms with E-state index >= 15 is 0 Å². The van der Waals surface area contributed by atoms with E-state index < -0.39 is 5.41 Å². The largest absolute Gasteiger partial charge is 0.409 e. The highest BCUT2D eigenvalue weighted by Gasteiger charge is 2.43. The predicted octanol–water partition coefficient (Wildman–Crippen LogP) is 2.38. The lowest BCUT2D eigenvalue weighted by Gasteiger charge is -2.34. The fourth-order valence-electron chi connectivity index (χ4n) is 2.64. The molecule has 0 radical (unpaired) electrons. The zero-order valence-electron chi connectivity index (χ0n) is 12.9. The Hall–Kier alpha value is -2.11. The van der Waals surface area contributed by atoms with Crippen molar-refractivity contribution in [3.05, 3.63) is 24.5 Å². The maximum atomic E-state index is 13.0. The van der Waals surface area contributed by atoms with Crippen LogP contribution in [0, 0.1) is 5.41 Å². The first kappa shape index (κ1) is 16.9. The average Bonchev–Trinajstić information content (AvgIpc) is 2.53. The summed E-state index contributed by atoms with van der Waals surface area (Å²) in [4.78, 5) is 18.5. The van der Waals surface area contributed by atoms with E-state index in [1.807, 2.05) is 13.8 Å². The third kappa shape index (κ3) is 3.51. The van der Waals surface area contributed by atoms with Gasteiger partial charge in [0.2, 0.25) is 5.91 Å². The lowest BCUT2D eigenvalue weighted by Crippen LogP contribution is -2.50. The predicted molar refractivity (Wildman–Crippen MR) is 83.3 cm³/mol. The summed E-state index contributed by atoms with van der Waals surface area (Å²) in [7, 11) is 1.68. The molecule has 0 fully saturated rings. The Balaban J connectivity index is 3.21. The summed E-state index contributed by atoms with van der Waals surface area (Å²) in [5.41, 5.74) is 5.59. The third-order valence-corrected chi connectivity index (χ3v) is 3.70. The van der Waals surface area contributed by atoms with Gasteiger partial charge in [0.15, 0.2) is 5.84 Å². The number of carbonyl (C=O) groups is 1. The number of nitrogens with zero attached hydrogens (tertiary/aromatic N) is 3. The lowest BCUT2D eigenvalue weighted by molar-refractivity contribution is -0.125. The number of hydrogen-bond donors (Lipinski definition) is 2. The second-order valence-corrected chi connectivity index (χ2v) is 5.14. The van der Waals surface area contributed by atoms with E-state index in [1.165, 1.54) is 4.90 Å². The Morgan fingerprint density at radius 3 is 2.48 bits per heavy atom. The molecule has 1 rings (SSSR count). The molecule has 3 N–H and O–H groups in total. The number of oxime groups is 1. The van der Waals surface area contributed by atoms with Gasteiger partial charge < -0.3 is 15.8 Å². The number of aromatic nitrogens is 1. The number of rotatable bonds is 7. The molecule has 0 unspecified atom stereocenters. The number of amides is 1. The molecule has 1 amide bonds. The van der Waals surface area contributed by atoms with Crippen LogP contribution in [-0.4, -0.2) is 29.0 Å². The maximum absolute atomic E-state index is 13.0. The van der Waals surface area contributed by atoms with Crippen LogP contribution in [0.5, 0.6) is 0 Å². The van der Waals surface area contributed by atoms with Gasteiger partial charge in [-0.3, -0.25) is 9.78 Å². The van der Waals surface area contributed by atoms with Gasteiger partial charge in [0.25, 0.3) is 0 Å². The Bertz CT molecular complexity index is 482. The molecular weight excluding hydrogens is 268 g/mol. The number of amidine groups is 1. The van der Waals surface area contributed by atoms with Crippen molar-refractivity contribution in [2.75, 3.05) is 11.9 Å². The van der Waals surface area contributed by atoms with Crippen LogP contribution in [0.3, 0.4) is 0 Å². The second-order valence-electron chi connectivity index (χ2n) is 5.14. The quantitative estimate of drug-likeness (QED) is 0.349. The summed E-state index contributed by atoms with van der Waals surface area (Å²) >= 11 is 0. The van der Waals surface area contributed by atoms with Crippen molar-refractivity contribution in [1.82, 2.24) is 4.98 Å². The Morgan fingerprint density at radius 2 is 2.05 bits per heavy atom. The Morgan fingerprint density at radius 1 is 1.43 bits per heavy atom. The van der Waals surface area contributed by atoms with Gasteiger partial charge in [0.05, 0.1) is 11.9 Å². The van der Waals surface area contributed by atoms with Crippen LogP contribution in [0.4, 0.5) is 5.69 Å². The van der Waals surface area contributed by atoms with Gasteiger partial charge in [-0.25, -0.2) is 0 Å². The normalized spacial score (nSPS) is 12.2. The number of pyridine rings is 1. The second kappa shape index (κ2) is 7.61. The Labute approximate surface area is 125 Å². The molecule has 0 aliphatic rings. The highest BCUT2D eigenvalue weighted by Crippen LogP contribution is 2.33. The van der Waals surface area contributed by atoms with E-state index in [9.17, 15) is 4.79 Å². The molecule has 1 heterocycles. The number of hydrogen-bond acceptors (Lipinski definition) is 4. The van der Waals surface area contributed by atoms with Gasteiger partial charge in [-0.15, -0.1) is 0 Å². The molecule has 0 aliphatic heterocycles. The number of anilines is 1. The molecule has 6 nitrogen and oxygen atoms in total. The first-order valence-electron chi connectivity index (χ1n) is 7.19. The van der Waals surface area contributed by atoms with Gasteiger partial charge >= 0.3 is 0 Å². The van der Waals surface area contributed by atoms with Crippen LogP contribution in [0.25, 0.3) is 0 Å². The van der Waals surface area contributed by atoms with Crippen molar-refractivity contribution >= 4 is 17.4 Å². The minimum Gasteiger partial charge on any atom is -0.409 e. The Kier molecular flexibility index (Phi) is 6.14. The van der Waals surface area contributed by atoms with E-state index in [0.29, 0.717) is 18.5 Å². The standard InChI is InChI=1S/C15H24N4O2/c1-4-8-15(9-5-2,13(16)18-21)14(20)19(3)12-7-6-10-17-11-12/h6-7,10-11,21H,4-5,8-9H2,1-3H3,(H2,16,18). The highest BCUT2D eigenvalue weighted by atomic mass is 16.4. The van der Waals surface area contributed by atoms with Crippen LogP contribution in [0.2, 0.25) is 0 Å². The van der Waals surface area contributed by atoms with Crippen molar-refractivity contribution in [3.63, 3.8) is 0 Å². The van der Waals surface area contributed by atoms with Crippen LogP contribution in [0.15, 0.2) is 29.7 Å². The summed E-state index contributed by atoms with van der Waals surface area (Å²) in [6.45, 7) is 3.96. The molecule has 0 spiro atoms. The lowest BCUT2D eigenvalue weighted by atomic mass is 9.76. The van der Waals surface area contributed by atoms with Gasteiger partial charge in [-0.05, 0) is 25.0 Å². The SMILES string of the molecule is CCCC(CCC)(C(=O)N(C)c1cccnc1)C(N)=NO. The van der Waals surface area contributed by atoms with Crippen LogP contribution >= 0.6 is 0 Å². The summed E-state index contributed by atoms with van der Waals surface area (Å²) in [6.07, 6.45) is 5.88. The van der Waals surface area contributed by atoms with Gasteiger partial charge in [-0.2, -0.15) is 0 Å². The van der Waals surface area contributed by atoms with E-state index in [0.717, 1.165) is 12.8 Å². The molecule has 116 valence electrons. The van der Waals surface area contributed by atoms with Crippen molar-refractivity contribution in [2.45, 2.75) is 39.5 Å². The molecule has 0 bridgehead atoms. The molecule has 1 aromatic rings. The molecule has 0 atom stereocenters. The van der Waals surface area contributed by atoms with E-state index in [2.05, 4.69) is 10.1 Å². The van der Waals surface area contributed by atoms with Gasteiger partial charge in [-0.1, -0.05) is 31.8 Å². The minimum atomic E-state index is -0.969. The first-order chi connectivity index (χ1) is 10.0. The van der Waals surface area contributed by atoms with E-state index in [1.54, 1.807) is 31.6 Å². The van der Waals surface area contributed by atoms with E-state index in [4.69, 9.17) is 10.9 Å². The van der Waals surface area contributed by atoms with Crippen molar-refractivity contribution in [3.8, 4) is 0 Å². The summed E-state index contributed by atoms with van der Waals surface area (Å²) in [5, 5.41) is 12.2. The molecule has 0 saturated heterocycles. The molecule has 6 heteroatoms. The first-order valence-corrected chi connectivity index (χ1v) is 7.19. The van der Waals surface area contributed by atoms with E-state index in [-0.39, 0.29) is 11.7 Å². The fraction of sp³-hybridized carbons (Fsp3) is 0.533. The summed E-state index contributed by atoms with van der Waals surface area (Å²) in [6, 6.07) is 3.57. The average molecular weight is 292 g/mol. The van der Waals surface area contributed by atoms with Crippen LogP contribution < -0.4 is 10.6 Å². The van der Waals surface area contributed by atoms with Crippen molar-refractivity contribution < 1.29 is 10.0 Å². The number of carbonyl (C=O) groups excluding carboxylic acids is 1. The zero-order valence-corrected chi connectivity index (χ0v) is 12.9. The summed E-state index contributed by atoms with van der Waals surface area (Å²) < 4.78 is 0. The number of nitrogens with two attached hydrogens (primary N) is 1. The molecule has 1 aromatic heterocycles. The van der Waals surface area contributed by atoms with Crippen LogP contribution in [0.1, 0.15) is 39.5 Å². The molecule has 21 heavy (non-hydrogen) atoms. The fourth-order valence-corrected chi connectivity index (χ4v) is 2.64. The highest BCUT2D eigenvalue weighted by molar-refractivity contribution is 6.12. The molecule has 0 aromatic carbocycles. The molecular formula is C15H24N4O2. The van der Waals surface area contributed by atoms with Gasteiger partial charge in [0.1, 0.15) is 5.41 Å². The molecule has 0 aliphatic carbocycles. The summed E-state index contributed by atoms with van der Waals surface area (Å²) in [5.74, 6) is -0.193. The van der Waals surface area contributed by atoms with Gasteiger partial charge in [0, 0.05) is 13.2 Å². The topological polar surface area (TPSA) is 91.8 Å². The van der Waals surface area contributed by atoms with Crippen LogP contribution in [-0.2, 0) is 4.79 Å². The third-order valence-electron chi connectivity index (χ3n) is 3.70. The minimum absolute atomic E-state index is 0.0214. The smallest absolute Gasteiger partial charge is 0.240 e. The monoisotopic (exact) mass is 292 g/mol. The van der Waals surface area contributed by atoms with Crippen molar-refractivity contribution in [2.24, 2.45) is 16.3 Å². The van der Waals surface area contributed by atoms with Crippen molar-refractivity contribution in [1.29, 1.82) is 0 Å².